The van der Waals surface area contributed by atoms with Gasteiger partial charge in [-0.05, 0) is 17.7 Å². The quantitative estimate of drug-likeness (QED) is 0.407. The van der Waals surface area contributed by atoms with Gasteiger partial charge in [-0.2, -0.15) is 0 Å². The van der Waals surface area contributed by atoms with Gasteiger partial charge >= 0.3 is 5.97 Å². The summed E-state index contributed by atoms with van der Waals surface area (Å²) in [6.45, 7) is -0.365. The third kappa shape index (κ3) is 5.90. The zero-order valence-electron chi connectivity index (χ0n) is 14.2. The van der Waals surface area contributed by atoms with Crippen LogP contribution in [0.5, 0.6) is 5.75 Å². The number of non-ortho nitro benzene ring substituents is 1. The molecule has 136 valence electrons. The molecular formula is C18H18N2O6. The third-order valence-corrected chi connectivity index (χ3v) is 3.45. The molecule has 2 aromatic carbocycles. The number of nitro benzene ring substituents is 1. The van der Waals surface area contributed by atoms with Crippen LogP contribution in [0, 0.1) is 10.1 Å². The second-order valence-electron chi connectivity index (χ2n) is 5.44. The van der Waals surface area contributed by atoms with Crippen molar-refractivity contribution in [3.63, 3.8) is 0 Å². The molecule has 0 unspecified atom stereocenters. The van der Waals surface area contributed by atoms with E-state index < -0.39 is 17.5 Å². The molecule has 0 aromatic heterocycles. The van der Waals surface area contributed by atoms with Crippen LogP contribution in [0.2, 0.25) is 0 Å². The number of carbonyl (C=O) groups excluding carboxylic acids is 2. The van der Waals surface area contributed by atoms with Gasteiger partial charge in [0.05, 0.1) is 4.92 Å². The van der Waals surface area contributed by atoms with Crippen LogP contribution >= 0.6 is 0 Å². The number of nitrogens with zero attached hydrogens (tertiary/aromatic N) is 2. The molecule has 8 nitrogen and oxygen atoms in total. The van der Waals surface area contributed by atoms with Crippen molar-refractivity contribution in [3.8, 4) is 5.75 Å². The maximum Gasteiger partial charge on any atom is 0.344 e. The molecule has 0 saturated carbocycles. The summed E-state index contributed by atoms with van der Waals surface area (Å²) in [4.78, 5) is 35.1. The lowest BCUT2D eigenvalue weighted by molar-refractivity contribution is -0.384. The topological polar surface area (TPSA) is 99.0 Å². The highest BCUT2D eigenvalue weighted by atomic mass is 16.6. The Morgan fingerprint density at radius 3 is 2.31 bits per heavy atom. The highest BCUT2D eigenvalue weighted by molar-refractivity contribution is 5.80. The first-order chi connectivity index (χ1) is 12.5. The van der Waals surface area contributed by atoms with E-state index in [4.69, 9.17) is 9.47 Å². The summed E-state index contributed by atoms with van der Waals surface area (Å²) in [5, 5.41) is 10.6. The van der Waals surface area contributed by atoms with Crippen LogP contribution in [0.1, 0.15) is 5.56 Å². The molecule has 0 radical (unpaired) electrons. The molecule has 0 heterocycles. The van der Waals surface area contributed by atoms with Crippen LogP contribution in [0.25, 0.3) is 0 Å². The van der Waals surface area contributed by atoms with E-state index in [9.17, 15) is 19.7 Å². The van der Waals surface area contributed by atoms with Gasteiger partial charge in [0.15, 0.2) is 13.2 Å². The van der Waals surface area contributed by atoms with Crippen molar-refractivity contribution in [2.45, 2.75) is 6.54 Å². The van der Waals surface area contributed by atoms with Crippen molar-refractivity contribution in [1.82, 2.24) is 4.90 Å². The van der Waals surface area contributed by atoms with E-state index in [2.05, 4.69) is 0 Å². The first-order valence-electron chi connectivity index (χ1n) is 7.76. The Kier molecular flexibility index (Phi) is 6.67. The zero-order chi connectivity index (χ0) is 18.9. The lowest BCUT2D eigenvalue weighted by atomic mass is 10.2. The number of carbonyl (C=O) groups is 2. The van der Waals surface area contributed by atoms with Crippen molar-refractivity contribution in [1.29, 1.82) is 0 Å². The predicted molar refractivity (Wildman–Crippen MR) is 92.5 cm³/mol. The van der Waals surface area contributed by atoms with Gasteiger partial charge in [0.1, 0.15) is 5.75 Å². The summed E-state index contributed by atoms with van der Waals surface area (Å²) in [7, 11) is 1.62. The molecule has 2 aromatic rings. The van der Waals surface area contributed by atoms with E-state index in [1.807, 2.05) is 30.3 Å². The molecule has 0 N–H and O–H groups in total. The maximum atomic E-state index is 12.0. The highest BCUT2D eigenvalue weighted by Crippen LogP contribution is 2.17. The lowest BCUT2D eigenvalue weighted by Gasteiger charge is -2.17. The second-order valence-corrected chi connectivity index (χ2v) is 5.44. The number of hydrogen-bond acceptors (Lipinski definition) is 6. The maximum absolute atomic E-state index is 12.0. The molecule has 1 amide bonds. The Morgan fingerprint density at radius 2 is 1.69 bits per heavy atom. The molecule has 0 atom stereocenters. The van der Waals surface area contributed by atoms with E-state index in [1.165, 1.54) is 29.2 Å². The molecule has 2 rings (SSSR count). The van der Waals surface area contributed by atoms with Crippen molar-refractivity contribution in [2.24, 2.45) is 0 Å². The largest absolute Gasteiger partial charge is 0.482 e. The minimum Gasteiger partial charge on any atom is -0.482 e. The van der Waals surface area contributed by atoms with Crippen molar-refractivity contribution in [2.75, 3.05) is 20.3 Å². The Balaban J connectivity index is 1.72. The summed E-state index contributed by atoms with van der Waals surface area (Å²) in [5.74, 6) is -0.748. The van der Waals surface area contributed by atoms with Gasteiger partial charge in [0.2, 0.25) is 0 Å². The first-order valence-corrected chi connectivity index (χ1v) is 7.76. The number of likely N-dealkylation sites (N-methyl/N-ethyl adjacent to an activating group) is 1. The normalized spacial score (nSPS) is 10.0. The fourth-order valence-electron chi connectivity index (χ4n) is 2.05. The van der Waals surface area contributed by atoms with Gasteiger partial charge in [0.25, 0.3) is 11.6 Å². The molecule has 0 bridgehead atoms. The summed E-state index contributed by atoms with van der Waals surface area (Å²) < 4.78 is 10.1. The fraction of sp³-hybridized carbons (Fsp3) is 0.222. The monoisotopic (exact) mass is 358 g/mol. The van der Waals surface area contributed by atoms with E-state index in [1.54, 1.807) is 7.05 Å². The molecule has 0 aliphatic heterocycles. The highest BCUT2D eigenvalue weighted by Gasteiger charge is 2.13. The number of ether oxygens (including phenoxy) is 2. The van der Waals surface area contributed by atoms with Crippen molar-refractivity contribution < 1.29 is 24.0 Å². The average molecular weight is 358 g/mol. The Hall–Kier alpha value is -3.42. The van der Waals surface area contributed by atoms with Gasteiger partial charge in [-0.15, -0.1) is 0 Å². The van der Waals surface area contributed by atoms with E-state index in [0.717, 1.165) is 5.56 Å². The predicted octanol–water partition coefficient (Wildman–Crippen LogP) is 2.18. The molecule has 8 heteroatoms. The minimum absolute atomic E-state index is 0.0769. The smallest absolute Gasteiger partial charge is 0.344 e. The van der Waals surface area contributed by atoms with Crippen molar-refractivity contribution >= 4 is 17.6 Å². The first kappa shape index (κ1) is 18.9. The molecule has 0 aliphatic carbocycles. The summed E-state index contributed by atoms with van der Waals surface area (Å²) in [6.07, 6.45) is 0. The standard InChI is InChI=1S/C18H18N2O6/c1-19(11-14-5-3-2-4-6-14)17(21)12-26-18(22)13-25-16-9-7-15(8-10-16)20(23)24/h2-10H,11-13H2,1H3. The second kappa shape index (κ2) is 9.16. The van der Waals surface area contributed by atoms with Gasteiger partial charge in [0, 0.05) is 25.7 Å². The SMILES string of the molecule is CN(Cc1ccccc1)C(=O)COC(=O)COc1ccc([N+](=O)[O-])cc1. The summed E-state index contributed by atoms with van der Waals surface area (Å²) in [5.41, 5.74) is 0.892. The number of amides is 1. The number of hydrogen-bond donors (Lipinski definition) is 0. The van der Waals surface area contributed by atoms with Crippen molar-refractivity contribution in [3.05, 3.63) is 70.3 Å². The Labute approximate surface area is 150 Å². The Bertz CT molecular complexity index is 761. The average Bonchev–Trinajstić information content (AvgIpc) is 2.65. The third-order valence-electron chi connectivity index (χ3n) is 3.45. The summed E-state index contributed by atoms with van der Waals surface area (Å²) in [6, 6.07) is 14.7. The van der Waals surface area contributed by atoms with Gasteiger partial charge in [-0.3, -0.25) is 14.9 Å². The van der Waals surface area contributed by atoms with Crippen LogP contribution in [0.4, 0.5) is 5.69 Å². The van der Waals surface area contributed by atoms with Crippen LogP contribution in [-0.4, -0.2) is 42.0 Å². The molecule has 0 spiro atoms. The molecule has 0 saturated heterocycles. The lowest BCUT2D eigenvalue weighted by Crippen LogP contribution is -2.31. The number of rotatable bonds is 8. The van der Waals surface area contributed by atoms with E-state index >= 15 is 0 Å². The van der Waals surface area contributed by atoms with Crippen LogP contribution in [-0.2, 0) is 20.9 Å². The summed E-state index contributed by atoms with van der Waals surface area (Å²) >= 11 is 0. The molecular weight excluding hydrogens is 340 g/mol. The van der Waals surface area contributed by atoms with Gasteiger partial charge in [-0.1, -0.05) is 30.3 Å². The molecule has 26 heavy (non-hydrogen) atoms. The van der Waals surface area contributed by atoms with Crippen LogP contribution in [0.3, 0.4) is 0 Å². The number of esters is 1. The van der Waals surface area contributed by atoms with E-state index in [0.29, 0.717) is 12.3 Å². The minimum atomic E-state index is -0.704. The number of nitro groups is 1. The van der Waals surface area contributed by atoms with Crippen LogP contribution in [0.15, 0.2) is 54.6 Å². The fourth-order valence-corrected chi connectivity index (χ4v) is 2.05. The van der Waals surface area contributed by atoms with Gasteiger partial charge in [-0.25, -0.2) is 4.79 Å². The van der Waals surface area contributed by atoms with E-state index in [-0.39, 0.29) is 18.2 Å². The molecule has 0 fully saturated rings. The number of benzene rings is 2. The molecule has 0 aliphatic rings. The van der Waals surface area contributed by atoms with Crippen LogP contribution < -0.4 is 4.74 Å². The zero-order valence-corrected chi connectivity index (χ0v) is 14.2. The van der Waals surface area contributed by atoms with Gasteiger partial charge < -0.3 is 14.4 Å². The Morgan fingerprint density at radius 1 is 1.04 bits per heavy atom.